The summed E-state index contributed by atoms with van der Waals surface area (Å²) in [6, 6.07) is 12.5. The van der Waals surface area contributed by atoms with Crippen molar-refractivity contribution < 1.29 is 19.0 Å². The first-order valence-corrected chi connectivity index (χ1v) is 9.25. The molecule has 27 heavy (non-hydrogen) atoms. The fourth-order valence-electron chi connectivity index (χ4n) is 3.17. The zero-order chi connectivity index (χ0) is 19.6. The summed E-state index contributed by atoms with van der Waals surface area (Å²) in [6.07, 6.45) is -0.00165. The molecule has 1 aliphatic heterocycles. The van der Waals surface area contributed by atoms with Gasteiger partial charge in [-0.1, -0.05) is 17.7 Å². The van der Waals surface area contributed by atoms with E-state index in [1.807, 2.05) is 32.0 Å². The molecule has 144 valence electrons. The van der Waals surface area contributed by atoms with Crippen LogP contribution in [-0.2, 0) is 4.79 Å². The van der Waals surface area contributed by atoms with E-state index in [1.54, 1.807) is 38.3 Å². The highest BCUT2D eigenvalue weighted by atomic mass is 35.5. The number of carbonyl (C=O) groups is 1. The van der Waals surface area contributed by atoms with Crippen LogP contribution in [0.25, 0.3) is 0 Å². The van der Waals surface area contributed by atoms with Gasteiger partial charge in [0.25, 0.3) is 5.91 Å². The molecule has 0 radical (unpaired) electrons. The molecule has 0 fully saturated rings. The van der Waals surface area contributed by atoms with Crippen molar-refractivity contribution in [1.82, 2.24) is 5.32 Å². The molecule has 2 aromatic rings. The van der Waals surface area contributed by atoms with Gasteiger partial charge in [-0.2, -0.15) is 0 Å². The third-order valence-corrected chi connectivity index (χ3v) is 4.71. The number of halogens is 1. The fraction of sp³-hybridized carbons (Fsp3) is 0.381. The minimum absolute atomic E-state index is 0.174. The molecule has 2 atom stereocenters. The van der Waals surface area contributed by atoms with Crippen LogP contribution in [0.4, 0.5) is 0 Å². The van der Waals surface area contributed by atoms with E-state index in [1.165, 1.54) is 0 Å². The summed E-state index contributed by atoms with van der Waals surface area (Å²) in [5, 5.41) is 3.65. The van der Waals surface area contributed by atoms with Gasteiger partial charge in [-0.3, -0.25) is 4.79 Å². The molecule has 1 amide bonds. The number of ether oxygens (including phenoxy) is 3. The van der Waals surface area contributed by atoms with Gasteiger partial charge >= 0.3 is 0 Å². The second kappa shape index (κ2) is 7.69. The van der Waals surface area contributed by atoms with Gasteiger partial charge in [-0.15, -0.1) is 0 Å². The summed E-state index contributed by atoms with van der Waals surface area (Å²) < 4.78 is 17.1. The van der Waals surface area contributed by atoms with E-state index in [9.17, 15) is 4.79 Å². The van der Waals surface area contributed by atoms with Crippen LogP contribution in [0, 0.1) is 0 Å². The fourth-order valence-corrected chi connectivity index (χ4v) is 3.35. The highest BCUT2D eigenvalue weighted by Crippen LogP contribution is 2.41. The summed E-state index contributed by atoms with van der Waals surface area (Å²) in [7, 11) is 1.61. The van der Waals surface area contributed by atoms with Gasteiger partial charge < -0.3 is 19.5 Å². The Bertz CT molecular complexity index is 837. The molecule has 0 aliphatic carbocycles. The van der Waals surface area contributed by atoms with E-state index >= 15 is 0 Å². The Hall–Kier alpha value is -2.40. The van der Waals surface area contributed by atoms with Crippen LogP contribution in [-0.4, -0.2) is 24.7 Å². The second-order valence-electron chi connectivity index (χ2n) is 7.25. The molecule has 0 aromatic heterocycles. The van der Waals surface area contributed by atoms with E-state index in [4.69, 9.17) is 25.8 Å². The van der Waals surface area contributed by atoms with E-state index in [0.717, 1.165) is 11.3 Å². The van der Waals surface area contributed by atoms with Crippen molar-refractivity contribution in [2.24, 2.45) is 0 Å². The first-order valence-electron chi connectivity index (χ1n) is 8.87. The predicted molar refractivity (Wildman–Crippen MR) is 105 cm³/mol. The first kappa shape index (κ1) is 19.4. The monoisotopic (exact) mass is 389 g/mol. The molecule has 1 N–H and O–H groups in total. The molecular formula is C21H24ClNO4. The van der Waals surface area contributed by atoms with Gasteiger partial charge in [0.2, 0.25) is 0 Å². The van der Waals surface area contributed by atoms with E-state index < -0.39 is 11.7 Å². The predicted octanol–water partition coefficient (Wildman–Crippen LogP) is 4.53. The summed E-state index contributed by atoms with van der Waals surface area (Å²) in [5.74, 6) is 1.80. The van der Waals surface area contributed by atoms with Crippen LogP contribution in [0.2, 0.25) is 5.02 Å². The SMILES string of the molecule is COc1ccc2c(c1)OC(C)(C)CC2NC(=O)C(C)Oc1cccc(Cl)c1. The number of amides is 1. The third-order valence-electron chi connectivity index (χ3n) is 4.47. The lowest BCUT2D eigenvalue weighted by Gasteiger charge is -2.38. The van der Waals surface area contributed by atoms with Crippen LogP contribution in [0.3, 0.4) is 0 Å². The Morgan fingerprint density at radius 3 is 2.74 bits per heavy atom. The minimum atomic E-state index is -0.656. The van der Waals surface area contributed by atoms with Crippen molar-refractivity contribution >= 4 is 17.5 Å². The second-order valence-corrected chi connectivity index (χ2v) is 7.68. The van der Waals surface area contributed by atoms with Crippen LogP contribution in [0.15, 0.2) is 42.5 Å². The van der Waals surface area contributed by atoms with Gasteiger partial charge in [0.05, 0.1) is 13.2 Å². The smallest absolute Gasteiger partial charge is 0.261 e. The zero-order valence-electron chi connectivity index (χ0n) is 15.9. The largest absolute Gasteiger partial charge is 0.497 e. The Morgan fingerprint density at radius 1 is 1.26 bits per heavy atom. The van der Waals surface area contributed by atoms with Gasteiger partial charge in [-0.05, 0) is 51.1 Å². The number of carbonyl (C=O) groups excluding carboxylic acids is 1. The van der Waals surface area contributed by atoms with Crippen molar-refractivity contribution in [2.75, 3.05) is 7.11 Å². The summed E-state index contributed by atoms with van der Waals surface area (Å²) in [6.45, 7) is 5.72. The quantitative estimate of drug-likeness (QED) is 0.815. The molecule has 0 saturated carbocycles. The first-order chi connectivity index (χ1) is 12.8. The lowest BCUT2D eigenvalue weighted by molar-refractivity contribution is -0.128. The molecular weight excluding hydrogens is 366 g/mol. The number of hydrogen-bond donors (Lipinski definition) is 1. The Kier molecular flexibility index (Phi) is 5.51. The summed E-state index contributed by atoms with van der Waals surface area (Å²) >= 11 is 5.97. The van der Waals surface area contributed by atoms with Crippen LogP contribution in [0.1, 0.15) is 38.8 Å². The normalized spacial score (nSPS) is 18.6. The maximum atomic E-state index is 12.7. The zero-order valence-corrected chi connectivity index (χ0v) is 16.7. The van der Waals surface area contributed by atoms with Crippen LogP contribution >= 0.6 is 11.6 Å². The van der Waals surface area contributed by atoms with Gasteiger partial charge in [0.1, 0.15) is 22.8 Å². The Morgan fingerprint density at radius 2 is 2.04 bits per heavy atom. The van der Waals surface area contributed by atoms with Gasteiger partial charge in [0, 0.05) is 23.1 Å². The minimum Gasteiger partial charge on any atom is -0.497 e. The van der Waals surface area contributed by atoms with Gasteiger partial charge in [0.15, 0.2) is 6.10 Å². The molecule has 0 spiro atoms. The van der Waals surface area contributed by atoms with Crippen molar-refractivity contribution in [3.8, 4) is 17.2 Å². The molecule has 0 saturated heterocycles. The van der Waals surface area contributed by atoms with Gasteiger partial charge in [-0.25, -0.2) is 0 Å². The number of benzene rings is 2. The number of hydrogen-bond acceptors (Lipinski definition) is 4. The highest BCUT2D eigenvalue weighted by molar-refractivity contribution is 6.30. The van der Waals surface area contributed by atoms with Crippen LogP contribution < -0.4 is 19.5 Å². The van der Waals surface area contributed by atoms with Crippen molar-refractivity contribution in [3.63, 3.8) is 0 Å². The van der Waals surface area contributed by atoms with E-state index in [0.29, 0.717) is 22.9 Å². The highest BCUT2D eigenvalue weighted by Gasteiger charge is 2.35. The topological polar surface area (TPSA) is 56.8 Å². The summed E-state index contributed by atoms with van der Waals surface area (Å²) in [4.78, 5) is 12.7. The number of nitrogens with one attached hydrogen (secondary N) is 1. The van der Waals surface area contributed by atoms with Crippen molar-refractivity contribution in [3.05, 3.63) is 53.1 Å². The molecule has 1 aliphatic rings. The number of methoxy groups -OCH3 is 1. The maximum absolute atomic E-state index is 12.7. The molecule has 3 rings (SSSR count). The lowest BCUT2D eigenvalue weighted by Crippen LogP contribution is -2.44. The molecule has 2 aromatic carbocycles. The molecule has 2 unspecified atom stereocenters. The molecule has 6 heteroatoms. The third kappa shape index (κ3) is 4.66. The summed E-state index contributed by atoms with van der Waals surface area (Å²) in [5.41, 5.74) is 0.521. The average Bonchev–Trinajstić information content (AvgIpc) is 2.60. The Balaban J connectivity index is 1.75. The van der Waals surface area contributed by atoms with Crippen molar-refractivity contribution in [1.29, 1.82) is 0 Å². The molecule has 1 heterocycles. The molecule has 5 nitrogen and oxygen atoms in total. The van der Waals surface area contributed by atoms with Crippen LogP contribution in [0.5, 0.6) is 17.2 Å². The molecule has 0 bridgehead atoms. The lowest BCUT2D eigenvalue weighted by atomic mass is 9.89. The van der Waals surface area contributed by atoms with E-state index in [-0.39, 0.29) is 11.9 Å². The standard InChI is InChI=1S/C21H24ClNO4/c1-13(26-16-7-5-6-14(22)10-16)20(24)23-18-12-21(2,3)27-19-11-15(25-4)8-9-17(18)19/h5-11,13,18H,12H2,1-4H3,(H,23,24). The maximum Gasteiger partial charge on any atom is 0.261 e. The number of rotatable bonds is 5. The Labute approximate surface area is 164 Å². The average molecular weight is 390 g/mol. The number of fused-ring (bicyclic) bond motifs is 1. The van der Waals surface area contributed by atoms with Crippen molar-refractivity contribution in [2.45, 2.75) is 44.9 Å². The van der Waals surface area contributed by atoms with E-state index in [2.05, 4.69) is 5.32 Å².